The van der Waals surface area contributed by atoms with Crippen LogP contribution in [0.25, 0.3) is 0 Å². The molecule has 0 aromatic heterocycles. The highest BCUT2D eigenvalue weighted by Crippen LogP contribution is 2.18. The Kier molecular flexibility index (Phi) is 6.78. The summed E-state index contributed by atoms with van der Waals surface area (Å²) in [6.45, 7) is 4.44. The van der Waals surface area contributed by atoms with Crippen molar-refractivity contribution in [3.8, 4) is 0 Å². The zero-order valence-corrected chi connectivity index (χ0v) is 14.1. The lowest BCUT2D eigenvalue weighted by molar-refractivity contribution is 0.0297. The first kappa shape index (κ1) is 18.0. The molecule has 0 saturated heterocycles. The highest BCUT2D eigenvalue weighted by atomic mass is 16.5. The van der Waals surface area contributed by atoms with Gasteiger partial charge in [-0.25, -0.2) is 4.79 Å². The van der Waals surface area contributed by atoms with Crippen LogP contribution in [-0.4, -0.2) is 30.9 Å². The van der Waals surface area contributed by atoms with Gasteiger partial charge in [-0.1, -0.05) is 48.0 Å². The molecule has 2 aromatic rings. The van der Waals surface area contributed by atoms with Gasteiger partial charge in [0.05, 0.1) is 19.3 Å². The third-order valence-electron chi connectivity index (χ3n) is 3.70. The molecule has 0 fully saturated rings. The summed E-state index contributed by atoms with van der Waals surface area (Å²) in [5.41, 5.74) is 3.90. The highest BCUT2D eigenvalue weighted by Gasteiger charge is 2.14. The first-order valence-corrected chi connectivity index (χ1v) is 7.99. The van der Waals surface area contributed by atoms with Crippen molar-refractivity contribution in [3.63, 3.8) is 0 Å². The van der Waals surface area contributed by atoms with Crippen molar-refractivity contribution >= 4 is 11.7 Å². The molecule has 0 saturated carbocycles. The van der Waals surface area contributed by atoms with Crippen LogP contribution in [0.4, 0.5) is 10.5 Å². The summed E-state index contributed by atoms with van der Waals surface area (Å²) in [6.07, 6.45) is -0.305. The van der Waals surface area contributed by atoms with Crippen molar-refractivity contribution < 1.29 is 14.6 Å². The number of ether oxygens (including phenoxy) is 1. The molecule has 0 aliphatic carbocycles. The Morgan fingerprint density at radius 1 is 1.12 bits per heavy atom. The van der Waals surface area contributed by atoms with Gasteiger partial charge in [0.2, 0.25) is 0 Å². The van der Waals surface area contributed by atoms with Crippen LogP contribution < -0.4 is 10.6 Å². The van der Waals surface area contributed by atoms with Crippen LogP contribution >= 0.6 is 0 Å². The number of hydrogen-bond donors (Lipinski definition) is 3. The minimum atomic E-state index is -0.305. The molecule has 0 aliphatic rings. The zero-order valence-electron chi connectivity index (χ0n) is 14.1. The van der Waals surface area contributed by atoms with Gasteiger partial charge in [-0.2, -0.15) is 0 Å². The Bertz CT molecular complexity index is 656. The van der Waals surface area contributed by atoms with E-state index in [1.54, 1.807) is 0 Å². The first-order chi connectivity index (χ1) is 11.6. The summed E-state index contributed by atoms with van der Waals surface area (Å²) in [5.74, 6) is 0. The van der Waals surface area contributed by atoms with Crippen molar-refractivity contribution in [2.24, 2.45) is 0 Å². The van der Waals surface area contributed by atoms with Gasteiger partial charge in [-0.15, -0.1) is 0 Å². The Morgan fingerprint density at radius 2 is 1.83 bits per heavy atom. The van der Waals surface area contributed by atoms with Crippen LogP contribution in [0.1, 0.15) is 22.8 Å². The fourth-order valence-electron chi connectivity index (χ4n) is 2.31. The van der Waals surface area contributed by atoms with Gasteiger partial charge in [0, 0.05) is 12.2 Å². The maximum absolute atomic E-state index is 12.1. The molecular formula is C19H24N2O3. The van der Waals surface area contributed by atoms with Crippen LogP contribution in [0.2, 0.25) is 0 Å². The Morgan fingerprint density at radius 3 is 2.50 bits per heavy atom. The smallest absolute Gasteiger partial charge is 0.319 e. The third kappa shape index (κ3) is 5.37. The predicted octanol–water partition coefficient (Wildman–Crippen LogP) is 3.18. The molecule has 5 nitrogen and oxygen atoms in total. The molecule has 24 heavy (non-hydrogen) atoms. The fourth-order valence-corrected chi connectivity index (χ4v) is 2.31. The van der Waals surface area contributed by atoms with E-state index in [4.69, 9.17) is 9.84 Å². The van der Waals surface area contributed by atoms with E-state index in [1.807, 2.05) is 62.4 Å². The SMILES string of the molecule is Cc1ccc(C(CNC(=O)Nc2ccccc2C)OCCO)cc1. The van der Waals surface area contributed by atoms with E-state index in [0.717, 1.165) is 22.4 Å². The number of rotatable bonds is 7. The van der Waals surface area contributed by atoms with Crippen LogP contribution in [0.3, 0.4) is 0 Å². The standard InChI is InChI=1S/C19H24N2O3/c1-14-7-9-16(10-8-14)18(24-12-11-22)13-20-19(23)21-17-6-4-3-5-15(17)2/h3-10,18,22H,11-13H2,1-2H3,(H2,20,21,23). The van der Waals surface area contributed by atoms with Gasteiger partial charge >= 0.3 is 6.03 Å². The molecule has 0 spiro atoms. The summed E-state index contributed by atoms with van der Waals surface area (Å²) < 4.78 is 5.65. The number of aliphatic hydroxyl groups excluding tert-OH is 1. The molecule has 0 radical (unpaired) electrons. The highest BCUT2D eigenvalue weighted by molar-refractivity contribution is 5.90. The van der Waals surface area contributed by atoms with E-state index < -0.39 is 0 Å². The quantitative estimate of drug-likeness (QED) is 0.731. The molecule has 1 atom stereocenters. The maximum Gasteiger partial charge on any atom is 0.319 e. The van der Waals surface area contributed by atoms with E-state index in [-0.39, 0.29) is 25.3 Å². The monoisotopic (exact) mass is 328 g/mol. The zero-order chi connectivity index (χ0) is 17.4. The topological polar surface area (TPSA) is 70.6 Å². The van der Waals surface area contributed by atoms with Crippen LogP contribution in [0.15, 0.2) is 48.5 Å². The molecule has 3 N–H and O–H groups in total. The van der Waals surface area contributed by atoms with Crippen molar-refractivity contribution in [1.82, 2.24) is 5.32 Å². The van der Waals surface area contributed by atoms with Crippen LogP contribution in [-0.2, 0) is 4.74 Å². The number of para-hydroxylation sites is 1. The van der Waals surface area contributed by atoms with Gasteiger partial charge in [0.25, 0.3) is 0 Å². The van der Waals surface area contributed by atoms with E-state index in [2.05, 4.69) is 10.6 Å². The summed E-state index contributed by atoms with van der Waals surface area (Å²) in [5, 5.41) is 14.6. The second-order valence-electron chi connectivity index (χ2n) is 5.64. The van der Waals surface area contributed by atoms with Gasteiger partial charge in [0.15, 0.2) is 0 Å². The Labute approximate surface area is 142 Å². The van der Waals surface area contributed by atoms with Crippen LogP contribution in [0.5, 0.6) is 0 Å². The summed E-state index contributed by atoms with van der Waals surface area (Å²) in [6, 6.07) is 15.3. The fraction of sp³-hybridized carbons (Fsp3) is 0.316. The second kappa shape index (κ2) is 9.05. The van der Waals surface area contributed by atoms with Gasteiger partial charge in [-0.05, 0) is 31.0 Å². The molecule has 0 aliphatic heterocycles. The Balaban J connectivity index is 1.95. The summed E-state index contributed by atoms with van der Waals surface area (Å²) in [7, 11) is 0. The molecule has 2 rings (SSSR count). The van der Waals surface area contributed by atoms with Gasteiger partial charge < -0.3 is 20.5 Å². The maximum atomic E-state index is 12.1. The number of carbonyl (C=O) groups excluding carboxylic acids is 1. The number of hydrogen-bond acceptors (Lipinski definition) is 3. The van der Waals surface area contributed by atoms with E-state index in [0.29, 0.717) is 6.54 Å². The largest absolute Gasteiger partial charge is 0.394 e. The average Bonchev–Trinajstić information content (AvgIpc) is 2.58. The van der Waals surface area contributed by atoms with Crippen molar-refractivity contribution in [2.75, 3.05) is 25.1 Å². The molecule has 128 valence electrons. The number of urea groups is 1. The van der Waals surface area contributed by atoms with E-state index >= 15 is 0 Å². The van der Waals surface area contributed by atoms with Crippen molar-refractivity contribution in [1.29, 1.82) is 0 Å². The number of anilines is 1. The molecule has 1 unspecified atom stereocenters. The minimum Gasteiger partial charge on any atom is -0.394 e. The first-order valence-electron chi connectivity index (χ1n) is 7.99. The second-order valence-corrected chi connectivity index (χ2v) is 5.64. The average molecular weight is 328 g/mol. The molecule has 2 amide bonds. The number of carbonyl (C=O) groups is 1. The normalized spacial score (nSPS) is 11.8. The number of amides is 2. The van der Waals surface area contributed by atoms with E-state index in [1.165, 1.54) is 0 Å². The molecular weight excluding hydrogens is 304 g/mol. The lowest BCUT2D eigenvalue weighted by Gasteiger charge is -2.19. The number of aliphatic hydroxyl groups is 1. The molecule has 0 heterocycles. The van der Waals surface area contributed by atoms with Crippen molar-refractivity contribution in [2.45, 2.75) is 20.0 Å². The van der Waals surface area contributed by atoms with Crippen LogP contribution in [0, 0.1) is 13.8 Å². The Hall–Kier alpha value is -2.37. The number of aryl methyl sites for hydroxylation is 2. The third-order valence-corrected chi connectivity index (χ3v) is 3.70. The van der Waals surface area contributed by atoms with Gasteiger partial charge in [0.1, 0.15) is 0 Å². The molecule has 0 bridgehead atoms. The molecule has 2 aromatic carbocycles. The number of nitrogens with one attached hydrogen (secondary N) is 2. The number of benzene rings is 2. The lowest BCUT2D eigenvalue weighted by Crippen LogP contribution is -2.33. The summed E-state index contributed by atoms with van der Waals surface area (Å²) in [4.78, 5) is 12.1. The molecule has 5 heteroatoms. The van der Waals surface area contributed by atoms with Crippen molar-refractivity contribution in [3.05, 3.63) is 65.2 Å². The minimum absolute atomic E-state index is 0.0578. The predicted molar refractivity (Wildman–Crippen MR) is 95.2 cm³/mol. The van der Waals surface area contributed by atoms with Gasteiger partial charge in [-0.3, -0.25) is 0 Å². The summed E-state index contributed by atoms with van der Waals surface area (Å²) >= 11 is 0. The lowest BCUT2D eigenvalue weighted by atomic mass is 10.1. The van der Waals surface area contributed by atoms with E-state index in [9.17, 15) is 4.79 Å².